The van der Waals surface area contributed by atoms with Crippen LogP contribution in [-0.2, 0) is 0 Å². The maximum absolute atomic E-state index is 10.8. The van der Waals surface area contributed by atoms with Gasteiger partial charge >= 0.3 is 0 Å². The number of nitrogens with zero attached hydrogens (tertiary/aromatic N) is 3. The lowest BCUT2D eigenvalue weighted by Gasteiger charge is -2.19. The Morgan fingerprint density at radius 1 is 1.07 bits per heavy atom. The van der Waals surface area contributed by atoms with Gasteiger partial charge in [-0.15, -0.1) is 0 Å². The van der Waals surface area contributed by atoms with Gasteiger partial charge in [0.25, 0.3) is 5.69 Å². The van der Waals surface area contributed by atoms with Crippen molar-refractivity contribution in [1.82, 2.24) is 4.90 Å². The number of hydrogen-bond acceptors (Lipinski definition) is 4. The van der Waals surface area contributed by atoms with Crippen LogP contribution in [0.1, 0.15) is 50.3 Å². The molecule has 0 radical (unpaired) electrons. The van der Waals surface area contributed by atoms with Gasteiger partial charge in [-0.1, -0.05) is 44.2 Å². The lowest BCUT2D eigenvalue weighted by Crippen LogP contribution is -2.24. The fourth-order valence-electron chi connectivity index (χ4n) is 3.19. The molecule has 2 rings (SSSR count). The average molecular weight is 383 g/mol. The number of nitrogens with two attached hydrogens (primary N) is 1. The van der Waals surface area contributed by atoms with Crippen molar-refractivity contribution in [3.63, 3.8) is 0 Å². The van der Waals surface area contributed by atoms with Crippen molar-refractivity contribution in [1.29, 1.82) is 0 Å². The zero-order valence-electron chi connectivity index (χ0n) is 16.8. The predicted molar refractivity (Wildman–Crippen MR) is 115 cm³/mol. The largest absolute Gasteiger partial charge is 0.383 e. The van der Waals surface area contributed by atoms with E-state index in [2.05, 4.69) is 30.9 Å². The van der Waals surface area contributed by atoms with Crippen molar-refractivity contribution in [2.24, 2.45) is 10.7 Å². The minimum Gasteiger partial charge on any atom is -0.383 e. The van der Waals surface area contributed by atoms with Crippen LogP contribution in [0.15, 0.2) is 59.6 Å². The Kier molecular flexibility index (Phi) is 8.62. The standard InChI is InChI=1S/C22H30N4O2/c1-3-25(4-2)17-9-8-12-21(18-10-6-5-7-11-18)24-22(23)19-13-15-20(16-14-19)26(27)28/h5-7,10-11,13-16,21H,3-4,8-9,12,17H2,1-2H3,(H2,23,24). The van der Waals surface area contributed by atoms with Crippen molar-refractivity contribution >= 4 is 11.5 Å². The Labute approximate surface area is 167 Å². The molecular weight excluding hydrogens is 352 g/mol. The van der Waals surface area contributed by atoms with Crippen molar-refractivity contribution in [3.05, 3.63) is 75.8 Å². The molecule has 1 unspecified atom stereocenters. The molecule has 0 aliphatic rings. The van der Waals surface area contributed by atoms with Crippen molar-refractivity contribution in [2.75, 3.05) is 19.6 Å². The fourth-order valence-corrected chi connectivity index (χ4v) is 3.19. The van der Waals surface area contributed by atoms with Gasteiger partial charge in [-0.2, -0.15) is 0 Å². The first kappa shape index (κ1) is 21.6. The lowest BCUT2D eigenvalue weighted by molar-refractivity contribution is -0.384. The number of rotatable bonds is 11. The third-order valence-corrected chi connectivity index (χ3v) is 4.95. The quantitative estimate of drug-likeness (QED) is 0.203. The van der Waals surface area contributed by atoms with Crippen LogP contribution in [0.2, 0.25) is 0 Å². The Bertz CT molecular complexity index is 756. The molecule has 0 saturated carbocycles. The lowest BCUT2D eigenvalue weighted by atomic mass is 10.0. The van der Waals surface area contributed by atoms with E-state index in [1.807, 2.05) is 18.2 Å². The zero-order valence-corrected chi connectivity index (χ0v) is 16.8. The molecule has 0 aliphatic carbocycles. The molecule has 6 nitrogen and oxygen atoms in total. The Morgan fingerprint density at radius 2 is 1.71 bits per heavy atom. The van der Waals surface area contributed by atoms with Crippen LogP contribution < -0.4 is 5.73 Å². The first-order valence-electron chi connectivity index (χ1n) is 9.90. The van der Waals surface area contributed by atoms with E-state index in [0.717, 1.165) is 44.5 Å². The Hall–Kier alpha value is -2.73. The molecule has 0 amide bonds. The smallest absolute Gasteiger partial charge is 0.269 e. The maximum Gasteiger partial charge on any atom is 0.269 e. The minimum absolute atomic E-state index is 0.0203. The number of aliphatic imine (C=N–C) groups is 1. The van der Waals surface area contributed by atoms with E-state index in [-0.39, 0.29) is 11.7 Å². The topological polar surface area (TPSA) is 84.8 Å². The summed E-state index contributed by atoms with van der Waals surface area (Å²) in [6, 6.07) is 16.4. The van der Waals surface area contributed by atoms with Crippen LogP contribution in [0.25, 0.3) is 0 Å². The van der Waals surface area contributed by atoms with Crippen LogP contribution in [0.5, 0.6) is 0 Å². The van der Waals surface area contributed by atoms with Gasteiger partial charge in [-0.3, -0.25) is 15.1 Å². The molecule has 0 aliphatic heterocycles. The number of amidine groups is 1. The van der Waals surface area contributed by atoms with Crippen molar-refractivity contribution < 1.29 is 4.92 Å². The van der Waals surface area contributed by atoms with Crippen molar-refractivity contribution in [3.8, 4) is 0 Å². The van der Waals surface area contributed by atoms with Gasteiger partial charge in [-0.05, 0) is 56.6 Å². The molecule has 0 saturated heterocycles. The highest BCUT2D eigenvalue weighted by Crippen LogP contribution is 2.24. The Morgan fingerprint density at radius 3 is 2.29 bits per heavy atom. The second-order valence-electron chi connectivity index (χ2n) is 6.77. The number of benzene rings is 2. The van der Waals surface area contributed by atoms with Crippen LogP contribution in [0.3, 0.4) is 0 Å². The summed E-state index contributed by atoms with van der Waals surface area (Å²) in [5.74, 6) is 0.410. The van der Waals surface area contributed by atoms with Gasteiger partial charge in [0.05, 0.1) is 11.0 Å². The average Bonchev–Trinajstić information content (AvgIpc) is 2.73. The van der Waals surface area contributed by atoms with E-state index in [4.69, 9.17) is 10.7 Å². The summed E-state index contributed by atoms with van der Waals surface area (Å²) < 4.78 is 0. The van der Waals surface area contributed by atoms with E-state index in [9.17, 15) is 10.1 Å². The number of nitro groups is 1. The highest BCUT2D eigenvalue weighted by molar-refractivity contribution is 5.97. The van der Waals surface area contributed by atoms with Crippen molar-refractivity contribution in [2.45, 2.75) is 39.2 Å². The molecular formula is C22H30N4O2. The summed E-state index contributed by atoms with van der Waals surface area (Å²) in [4.78, 5) is 17.6. The van der Waals surface area contributed by atoms with Gasteiger partial charge < -0.3 is 10.6 Å². The summed E-state index contributed by atoms with van der Waals surface area (Å²) in [6.45, 7) is 7.61. The predicted octanol–water partition coefficient (Wildman–Crippen LogP) is 4.55. The van der Waals surface area contributed by atoms with E-state index in [0.29, 0.717) is 11.4 Å². The molecule has 2 aromatic rings. The third-order valence-electron chi connectivity index (χ3n) is 4.95. The van der Waals surface area contributed by atoms with Gasteiger partial charge in [0, 0.05) is 17.7 Å². The van der Waals surface area contributed by atoms with Crippen LogP contribution >= 0.6 is 0 Å². The number of nitro benzene ring substituents is 1. The van der Waals surface area contributed by atoms with E-state index >= 15 is 0 Å². The monoisotopic (exact) mass is 382 g/mol. The summed E-state index contributed by atoms with van der Waals surface area (Å²) in [7, 11) is 0. The van der Waals surface area contributed by atoms with E-state index < -0.39 is 4.92 Å². The fraction of sp³-hybridized carbons (Fsp3) is 0.409. The molecule has 0 spiro atoms. The molecule has 2 N–H and O–H groups in total. The number of unbranched alkanes of at least 4 members (excludes halogenated alkanes) is 1. The molecule has 0 aromatic heterocycles. The first-order valence-corrected chi connectivity index (χ1v) is 9.90. The minimum atomic E-state index is -0.417. The number of non-ortho nitro benzene ring substituents is 1. The molecule has 0 bridgehead atoms. The van der Waals surface area contributed by atoms with Crippen LogP contribution in [0.4, 0.5) is 5.69 Å². The van der Waals surface area contributed by atoms with Gasteiger partial charge in [0.15, 0.2) is 0 Å². The second-order valence-corrected chi connectivity index (χ2v) is 6.77. The summed E-state index contributed by atoms with van der Waals surface area (Å²) in [5, 5.41) is 10.8. The van der Waals surface area contributed by atoms with Gasteiger partial charge in [-0.25, -0.2) is 0 Å². The van der Waals surface area contributed by atoms with E-state index in [1.54, 1.807) is 12.1 Å². The molecule has 6 heteroatoms. The first-order chi connectivity index (χ1) is 13.5. The summed E-state index contributed by atoms with van der Waals surface area (Å²) >= 11 is 0. The SMILES string of the molecule is CCN(CC)CCCCC(N=C(N)c1ccc([N+](=O)[O-])cc1)c1ccccc1. The van der Waals surface area contributed by atoms with Gasteiger partial charge in [0.1, 0.15) is 5.84 Å². The third kappa shape index (κ3) is 6.46. The van der Waals surface area contributed by atoms with E-state index in [1.165, 1.54) is 12.1 Å². The molecule has 28 heavy (non-hydrogen) atoms. The molecule has 0 fully saturated rings. The van der Waals surface area contributed by atoms with Crippen LogP contribution in [-0.4, -0.2) is 35.3 Å². The second kappa shape index (κ2) is 11.2. The molecule has 150 valence electrons. The molecule has 1 atom stereocenters. The zero-order chi connectivity index (χ0) is 20.4. The van der Waals surface area contributed by atoms with Crippen LogP contribution in [0, 0.1) is 10.1 Å². The highest BCUT2D eigenvalue weighted by atomic mass is 16.6. The molecule has 0 heterocycles. The van der Waals surface area contributed by atoms with Gasteiger partial charge in [0.2, 0.25) is 0 Å². The Balaban J connectivity index is 2.10. The summed E-state index contributed by atoms with van der Waals surface area (Å²) in [6.07, 6.45) is 3.10. The molecule has 2 aromatic carbocycles. The normalized spacial score (nSPS) is 12.9. The summed E-state index contributed by atoms with van der Waals surface area (Å²) in [5.41, 5.74) is 8.11. The maximum atomic E-state index is 10.8. The highest BCUT2D eigenvalue weighted by Gasteiger charge is 2.12. The number of hydrogen-bond donors (Lipinski definition) is 1.